The molecule has 29 heavy (non-hydrogen) atoms. The number of ether oxygens (including phenoxy) is 2. The highest BCUT2D eigenvalue weighted by Crippen LogP contribution is 2.33. The molecule has 1 aliphatic heterocycles. The second kappa shape index (κ2) is 11.4. The molecule has 0 unspecified atom stereocenters. The molecule has 0 aromatic heterocycles. The number of carbonyl (C=O) groups excluding carboxylic acids is 1. The molecule has 8 heteroatoms. The summed E-state index contributed by atoms with van der Waals surface area (Å²) in [6.45, 7) is 4.38. The highest BCUT2D eigenvalue weighted by molar-refractivity contribution is 9.10. The van der Waals surface area contributed by atoms with Gasteiger partial charge < -0.3 is 14.6 Å². The van der Waals surface area contributed by atoms with E-state index in [4.69, 9.17) is 9.47 Å². The molecule has 0 radical (unpaired) electrons. The second-order valence-corrected chi connectivity index (χ2v) is 8.50. The van der Waals surface area contributed by atoms with Crippen LogP contribution in [0.3, 0.4) is 0 Å². The van der Waals surface area contributed by atoms with Crippen molar-refractivity contribution in [1.29, 1.82) is 0 Å². The third-order valence-corrected chi connectivity index (χ3v) is 5.83. The lowest BCUT2D eigenvalue weighted by Gasteiger charge is -2.28. The third-order valence-electron chi connectivity index (χ3n) is 4.77. The molecule has 2 aromatic rings. The third kappa shape index (κ3) is 6.26. The van der Waals surface area contributed by atoms with Crippen LogP contribution in [0.5, 0.6) is 0 Å². The summed E-state index contributed by atoms with van der Waals surface area (Å²) in [7, 11) is 0. The van der Waals surface area contributed by atoms with Crippen molar-refractivity contribution in [1.82, 2.24) is 4.90 Å². The minimum absolute atomic E-state index is 0. The fourth-order valence-electron chi connectivity index (χ4n) is 3.17. The number of hydrogen-bond donors (Lipinski definition) is 1. The van der Waals surface area contributed by atoms with E-state index < -0.39 is 11.6 Å². The smallest absolute Gasteiger partial charge is 0.347 e. The van der Waals surface area contributed by atoms with Crippen LogP contribution < -0.4 is 0 Å². The predicted octanol–water partition coefficient (Wildman–Crippen LogP) is 4.13. The fourth-order valence-corrected chi connectivity index (χ4v) is 3.70. The van der Waals surface area contributed by atoms with Crippen molar-refractivity contribution in [3.63, 3.8) is 0 Å². The number of nitrogens with zero attached hydrogens (tertiary/aromatic N) is 1. The summed E-state index contributed by atoms with van der Waals surface area (Å²) in [5.74, 6) is -0.667. The summed E-state index contributed by atoms with van der Waals surface area (Å²) in [5.41, 5.74) is -0.923. The topological polar surface area (TPSA) is 59.0 Å². The predicted molar refractivity (Wildman–Crippen MR) is 121 cm³/mol. The van der Waals surface area contributed by atoms with Gasteiger partial charge in [-0.1, -0.05) is 56.1 Å². The first kappa shape index (κ1) is 24.3. The van der Waals surface area contributed by atoms with E-state index in [1.807, 2.05) is 0 Å². The summed E-state index contributed by atoms with van der Waals surface area (Å²) in [5, 5.41) is 11.4. The molecule has 0 spiro atoms. The van der Waals surface area contributed by atoms with Crippen LogP contribution in [0.4, 0.5) is 0 Å². The number of morpholine rings is 1. The minimum atomic E-state index is -1.86. The van der Waals surface area contributed by atoms with Gasteiger partial charge in [-0.2, -0.15) is 0 Å². The summed E-state index contributed by atoms with van der Waals surface area (Å²) >= 11 is 6.77. The van der Waals surface area contributed by atoms with E-state index in [1.54, 1.807) is 48.5 Å². The van der Waals surface area contributed by atoms with Gasteiger partial charge in [0.25, 0.3) is 0 Å². The van der Waals surface area contributed by atoms with Gasteiger partial charge in [-0.25, -0.2) is 4.79 Å². The molecule has 0 aliphatic carbocycles. The van der Waals surface area contributed by atoms with Crippen molar-refractivity contribution < 1.29 is 19.4 Å². The van der Waals surface area contributed by atoms with Crippen LogP contribution in [0.25, 0.3) is 0 Å². The molecule has 1 aliphatic rings. The van der Waals surface area contributed by atoms with Crippen LogP contribution in [-0.4, -0.2) is 55.4 Å². The van der Waals surface area contributed by atoms with Gasteiger partial charge in [-0.15, -0.1) is 12.4 Å². The fraction of sp³-hybridized carbons (Fsp3) is 0.381. The molecule has 0 bridgehead atoms. The largest absolute Gasteiger partial charge is 0.463 e. The maximum absolute atomic E-state index is 13.0. The lowest BCUT2D eigenvalue weighted by Crippen LogP contribution is -2.39. The molecule has 158 valence electrons. The van der Waals surface area contributed by atoms with E-state index in [-0.39, 0.29) is 19.0 Å². The zero-order chi connectivity index (χ0) is 20.0. The molecular weight excluding hydrogens is 525 g/mol. The molecule has 1 fully saturated rings. The van der Waals surface area contributed by atoms with Gasteiger partial charge in [0, 0.05) is 28.6 Å². The van der Waals surface area contributed by atoms with Crippen LogP contribution in [0.2, 0.25) is 0 Å². The molecule has 0 amide bonds. The maximum atomic E-state index is 13.0. The van der Waals surface area contributed by atoms with E-state index in [1.165, 1.54) is 0 Å². The molecule has 1 saturated heterocycles. The van der Waals surface area contributed by atoms with Crippen molar-refractivity contribution in [2.75, 3.05) is 39.5 Å². The van der Waals surface area contributed by atoms with Gasteiger partial charge in [-0.3, -0.25) is 4.90 Å². The van der Waals surface area contributed by atoms with Crippen LogP contribution >= 0.6 is 44.3 Å². The van der Waals surface area contributed by atoms with Crippen LogP contribution in [-0.2, 0) is 19.9 Å². The zero-order valence-corrected chi connectivity index (χ0v) is 19.8. The van der Waals surface area contributed by atoms with Crippen molar-refractivity contribution in [2.45, 2.75) is 12.0 Å². The van der Waals surface area contributed by atoms with Gasteiger partial charge in [0.2, 0.25) is 5.60 Å². The van der Waals surface area contributed by atoms with Gasteiger partial charge in [-0.05, 0) is 41.8 Å². The van der Waals surface area contributed by atoms with Crippen molar-refractivity contribution >= 4 is 50.2 Å². The SMILES string of the molecule is Cl.O=C(OCCCN1CCOCC1)C(O)(c1ccc(Br)cc1)c1ccc(Br)cc1. The Balaban J connectivity index is 0.00000300. The Kier molecular flexibility index (Phi) is 9.59. The van der Waals surface area contributed by atoms with E-state index in [0.717, 1.165) is 41.8 Å². The Morgan fingerprint density at radius 2 is 1.48 bits per heavy atom. The Bertz CT molecular complexity index is 735. The molecule has 0 saturated carbocycles. The Labute approximate surface area is 194 Å². The summed E-state index contributed by atoms with van der Waals surface area (Å²) in [6.07, 6.45) is 0.711. The van der Waals surface area contributed by atoms with E-state index in [9.17, 15) is 9.90 Å². The number of esters is 1. The first-order chi connectivity index (χ1) is 13.5. The summed E-state index contributed by atoms with van der Waals surface area (Å²) < 4.78 is 12.6. The average molecular weight is 550 g/mol. The van der Waals surface area contributed by atoms with Gasteiger partial charge in [0.1, 0.15) is 0 Å². The lowest BCUT2D eigenvalue weighted by molar-refractivity contribution is -0.162. The van der Waals surface area contributed by atoms with E-state index >= 15 is 0 Å². The Morgan fingerprint density at radius 1 is 1.00 bits per heavy atom. The number of halogens is 3. The first-order valence-corrected chi connectivity index (χ1v) is 10.8. The molecule has 3 rings (SSSR count). The minimum Gasteiger partial charge on any atom is -0.463 e. The summed E-state index contributed by atoms with van der Waals surface area (Å²) in [4.78, 5) is 15.2. The number of aliphatic hydroxyl groups is 1. The van der Waals surface area contributed by atoms with Crippen LogP contribution in [0.15, 0.2) is 57.5 Å². The normalized spacial score (nSPS) is 14.9. The average Bonchev–Trinajstić information content (AvgIpc) is 2.72. The molecule has 1 heterocycles. The monoisotopic (exact) mass is 547 g/mol. The Hall–Kier alpha value is -0.960. The summed E-state index contributed by atoms with van der Waals surface area (Å²) in [6, 6.07) is 14.1. The second-order valence-electron chi connectivity index (χ2n) is 6.67. The van der Waals surface area contributed by atoms with Crippen LogP contribution in [0, 0.1) is 0 Å². The maximum Gasteiger partial charge on any atom is 0.347 e. The highest BCUT2D eigenvalue weighted by atomic mass is 79.9. The number of hydrogen-bond acceptors (Lipinski definition) is 5. The number of rotatable bonds is 7. The first-order valence-electron chi connectivity index (χ1n) is 9.22. The number of carbonyl (C=O) groups is 1. The van der Waals surface area contributed by atoms with E-state index in [0.29, 0.717) is 17.5 Å². The molecule has 0 atom stereocenters. The van der Waals surface area contributed by atoms with E-state index in [2.05, 4.69) is 36.8 Å². The van der Waals surface area contributed by atoms with Crippen molar-refractivity contribution in [3.8, 4) is 0 Å². The van der Waals surface area contributed by atoms with Crippen molar-refractivity contribution in [3.05, 3.63) is 68.6 Å². The lowest BCUT2D eigenvalue weighted by atomic mass is 9.86. The van der Waals surface area contributed by atoms with Crippen LogP contribution in [0.1, 0.15) is 17.5 Å². The molecule has 5 nitrogen and oxygen atoms in total. The Morgan fingerprint density at radius 3 is 1.97 bits per heavy atom. The van der Waals surface area contributed by atoms with Gasteiger partial charge >= 0.3 is 5.97 Å². The highest BCUT2D eigenvalue weighted by Gasteiger charge is 2.41. The number of benzene rings is 2. The quantitative estimate of drug-likeness (QED) is 0.416. The zero-order valence-electron chi connectivity index (χ0n) is 15.9. The van der Waals surface area contributed by atoms with Crippen molar-refractivity contribution in [2.24, 2.45) is 0 Å². The molecule has 2 aromatic carbocycles. The molecular formula is C21H24Br2ClNO4. The van der Waals surface area contributed by atoms with Gasteiger partial charge in [0.15, 0.2) is 0 Å². The van der Waals surface area contributed by atoms with Gasteiger partial charge in [0.05, 0.1) is 19.8 Å². The standard InChI is InChI=1S/C21H23Br2NO4.ClH/c22-18-6-2-16(3-7-18)21(26,17-4-8-19(23)9-5-17)20(25)28-13-1-10-24-11-14-27-15-12-24;/h2-9,26H,1,10-15H2;1H. The molecule has 1 N–H and O–H groups in total.